The van der Waals surface area contributed by atoms with E-state index in [0.717, 1.165) is 58.1 Å². The third-order valence-corrected chi connectivity index (χ3v) is 5.90. The minimum Gasteiger partial charge on any atom is -0.381 e. The molecule has 1 aliphatic carbocycles. The Labute approximate surface area is 149 Å². The molecule has 1 aromatic rings. The molecule has 0 spiro atoms. The van der Waals surface area contributed by atoms with Gasteiger partial charge in [-0.1, -0.05) is 0 Å². The van der Waals surface area contributed by atoms with Crippen LogP contribution in [0.3, 0.4) is 0 Å². The molecule has 0 bridgehead atoms. The predicted octanol–water partition coefficient (Wildman–Crippen LogP) is 2.18. The highest BCUT2D eigenvalue weighted by Gasteiger charge is 2.31. The smallest absolute Gasteiger partial charge is 0.323 e. The zero-order valence-corrected chi connectivity index (χ0v) is 15.1. The summed E-state index contributed by atoms with van der Waals surface area (Å²) >= 11 is 0. The number of amides is 2. The van der Waals surface area contributed by atoms with Gasteiger partial charge < -0.3 is 9.64 Å². The molecule has 3 aliphatic rings. The van der Waals surface area contributed by atoms with Crippen LogP contribution in [0.5, 0.6) is 0 Å². The Morgan fingerprint density at radius 1 is 1.20 bits per heavy atom. The lowest BCUT2D eigenvalue weighted by Crippen LogP contribution is -2.53. The molecular weight excluding hydrogens is 318 g/mol. The molecule has 4 rings (SSSR count). The number of nitrogens with one attached hydrogen (secondary N) is 1. The van der Waals surface area contributed by atoms with Crippen LogP contribution in [0.25, 0.3) is 0 Å². The summed E-state index contributed by atoms with van der Waals surface area (Å²) < 4.78 is 7.42. The van der Waals surface area contributed by atoms with Crippen LogP contribution in [0, 0.1) is 5.92 Å². The number of nitrogens with zero attached hydrogens (tertiary/aromatic N) is 4. The number of urea groups is 1. The first-order chi connectivity index (χ1) is 12.2. The van der Waals surface area contributed by atoms with Crippen molar-refractivity contribution in [2.45, 2.75) is 44.7 Å². The summed E-state index contributed by atoms with van der Waals surface area (Å²) in [4.78, 5) is 17.1. The molecule has 1 atom stereocenters. The molecule has 2 amide bonds. The minimum atomic E-state index is -0.00336. The van der Waals surface area contributed by atoms with E-state index in [0.29, 0.717) is 18.0 Å². The molecule has 3 fully saturated rings. The number of carbonyl (C=O) groups is 1. The second-order valence-corrected chi connectivity index (χ2v) is 7.54. The molecule has 1 saturated carbocycles. The molecule has 7 heteroatoms. The highest BCUT2D eigenvalue weighted by Crippen LogP contribution is 2.40. The number of aromatic nitrogens is 2. The topological polar surface area (TPSA) is 62.6 Å². The van der Waals surface area contributed by atoms with Crippen molar-refractivity contribution in [1.29, 1.82) is 0 Å². The van der Waals surface area contributed by atoms with E-state index in [2.05, 4.69) is 22.2 Å². The lowest BCUT2D eigenvalue weighted by molar-refractivity contribution is 0.0194. The van der Waals surface area contributed by atoms with E-state index in [9.17, 15) is 4.79 Å². The molecule has 7 nitrogen and oxygen atoms in total. The summed E-state index contributed by atoms with van der Waals surface area (Å²) in [5.41, 5.74) is 0. The highest BCUT2D eigenvalue weighted by molar-refractivity contribution is 5.88. The summed E-state index contributed by atoms with van der Waals surface area (Å²) in [6.45, 7) is 7.41. The number of hydrogen-bond donors (Lipinski definition) is 1. The quantitative estimate of drug-likeness (QED) is 0.907. The maximum absolute atomic E-state index is 12.6. The molecule has 0 aromatic carbocycles. The Morgan fingerprint density at radius 2 is 1.92 bits per heavy atom. The van der Waals surface area contributed by atoms with Crippen LogP contribution in [0.4, 0.5) is 10.6 Å². The minimum absolute atomic E-state index is 0.00336. The molecule has 25 heavy (non-hydrogen) atoms. The summed E-state index contributed by atoms with van der Waals surface area (Å²) in [7, 11) is 0. The van der Waals surface area contributed by atoms with E-state index >= 15 is 0 Å². The maximum atomic E-state index is 12.6. The van der Waals surface area contributed by atoms with Gasteiger partial charge in [0.05, 0.1) is 12.2 Å². The van der Waals surface area contributed by atoms with Crippen molar-refractivity contribution in [2.24, 2.45) is 5.92 Å². The van der Waals surface area contributed by atoms with Crippen molar-refractivity contribution in [2.75, 3.05) is 44.7 Å². The Kier molecular flexibility index (Phi) is 4.94. The molecule has 3 heterocycles. The number of ether oxygens (including phenoxy) is 1. The van der Waals surface area contributed by atoms with Crippen LogP contribution in [0.2, 0.25) is 0 Å². The van der Waals surface area contributed by atoms with E-state index in [1.165, 1.54) is 12.8 Å². The average Bonchev–Trinajstić information content (AvgIpc) is 3.41. The fourth-order valence-electron chi connectivity index (χ4n) is 4.05. The van der Waals surface area contributed by atoms with Gasteiger partial charge in [0.1, 0.15) is 5.82 Å². The largest absolute Gasteiger partial charge is 0.381 e. The van der Waals surface area contributed by atoms with Crippen LogP contribution in [0.15, 0.2) is 12.3 Å². The second kappa shape index (κ2) is 7.33. The number of anilines is 1. The Bertz CT molecular complexity index is 586. The van der Waals surface area contributed by atoms with Crippen LogP contribution in [-0.4, -0.2) is 71.0 Å². The van der Waals surface area contributed by atoms with Crippen molar-refractivity contribution in [1.82, 2.24) is 19.6 Å². The van der Waals surface area contributed by atoms with E-state index in [4.69, 9.17) is 4.74 Å². The van der Waals surface area contributed by atoms with Crippen LogP contribution in [-0.2, 0) is 4.74 Å². The first-order valence-corrected chi connectivity index (χ1v) is 9.63. The standard InChI is InChI=1S/C18H29N5O2/c1-14(15-2-3-15)23-17(4-7-19-23)20-18(24)22-10-8-21(9-11-22)16-5-12-25-13-6-16/h4,7,14-16H,2-3,5-6,8-13H2,1H3,(H,20,24)/t14-/m0/s1. The second-order valence-electron chi connectivity index (χ2n) is 7.54. The lowest BCUT2D eigenvalue weighted by Gasteiger charge is -2.40. The van der Waals surface area contributed by atoms with Crippen LogP contribution in [0.1, 0.15) is 38.6 Å². The van der Waals surface area contributed by atoms with Gasteiger partial charge in [-0.05, 0) is 38.5 Å². The van der Waals surface area contributed by atoms with E-state index in [-0.39, 0.29) is 6.03 Å². The average molecular weight is 347 g/mol. The fraction of sp³-hybridized carbons (Fsp3) is 0.778. The monoisotopic (exact) mass is 347 g/mol. The Hall–Kier alpha value is -1.60. The van der Waals surface area contributed by atoms with Crippen molar-refractivity contribution in [3.63, 3.8) is 0 Å². The fourth-order valence-corrected chi connectivity index (χ4v) is 4.05. The zero-order valence-electron chi connectivity index (χ0n) is 15.1. The number of rotatable bonds is 4. The van der Waals surface area contributed by atoms with E-state index < -0.39 is 0 Å². The van der Waals surface area contributed by atoms with Gasteiger partial charge in [0, 0.05) is 51.5 Å². The van der Waals surface area contributed by atoms with Crippen molar-refractivity contribution in [3.8, 4) is 0 Å². The first-order valence-electron chi connectivity index (χ1n) is 9.63. The molecule has 138 valence electrons. The van der Waals surface area contributed by atoms with Crippen LogP contribution < -0.4 is 5.32 Å². The highest BCUT2D eigenvalue weighted by atomic mass is 16.5. The molecule has 0 unspecified atom stereocenters. The summed E-state index contributed by atoms with van der Waals surface area (Å²) in [5, 5.41) is 7.48. The van der Waals surface area contributed by atoms with Gasteiger partial charge in [-0.3, -0.25) is 10.2 Å². The normalized spacial score (nSPS) is 24.3. The number of carbonyl (C=O) groups excluding carboxylic acids is 1. The van der Waals surface area contributed by atoms with Gasteiger partial charge in [-0.25, -0.2) is 9.48 Å². The number of piperazine rings is 1. The maximum Gasteiger partial charge on any atom is 0.323 e. The Morgan fingerprint density at radius 3 is 2.60 bits per heavy atom. The van der Waals surface area contributed by atoms with Gasteiger partial charge in [0.15, 0.2) is 0 Å². The van der Waals surface area contributed by atoms with Gasteiger partial charge in [0.2, 0.25) is 0 Å². The van der Waals surface area contributed by atoms with Crippen molar-refractivity contribution < 1.29 is 9.53 Å². The summed E-state index contributed by atoms with van der Waals surface area (Å²) in [6.07, 6.45) is 6.54. The van der Waals surface area contributed by atoms with Crippen LogP contribution >= 0.6 is 0 Å². The molecular formula is C18H29N5O2. The summed E-state index contributed by atoms with van der Waals surface area (Å²) in [6, 6.07) is 2.88. The van der Waals surface area contributed by atoms with Gasteiger partial charge in [-0.2, -0.15) is 5.10 Å². The van der Waals surface area contributed by atoms with Crippen molar-refractivity contribution in [3.05, 3.63) is 12.3 Å². The summed E-state index contributed by atoms with van der Waals surface area (Å²) in [5.74, 6) is 1.52. The third-order valence-electron chi connectivity index (χ3n) is 5.90. The molecule has 2 aliphatic heterocycles. The predicted molar refractivity (Wildman–Crippen MR) is 95.7 cm³/mol. The molecule has 1 N–H and O–H groups in total. The van der Waals surface area contributed by atoms with Gasteiger partial charge >= 0.3 is 6.03 Å². The molecule has 0 radical (unpaired) electrons. The first kappa shape index (κ1) is 16.8. The Balaban J connectivity index is 1.30. The number of hydrogen-bond acceptors (Lipinski definition) is 4. The van der Waals surface area contributed by atoms with Crippen molar-refractivity contribution >= 4 is 11.8 Å². The van der Waals surface area contributed by atoms with E-state index in [1.54, 1.807) is 6.20 Å². The molecule has 1 aromatic heterocycles. The van der Waals surface area contributed by atoms with E-state index in [1.807, 2.05) is 15.6 Å². The van der Waals surface area contributed by atoms with Gasteiger partial charge in [0.25, 0.3) is 0 Å². The molecule has 2 saturated heterocycles. The SMILES string of the molecule is C[C@@H](C1CC1)n1nccc1NC(=O)N1CCN(C2CCOCC2)CC1. The zero-order chi connectivity index (χ0) is 17.2. The van der Waals surface area contributed by atoms with Gasteiger partial charge in [-0.15, -0.1) is 0 Å². The lowest BCUT2D eigenvalue weighted by atomic mass is 10.1. The third kappa shape index (κ3) is 3.82.